The van der Waals surface area contributed by atoms with Gasteiger partial charge >= 0.3 is 0 Å². The molecule has 2 N–H and O–H groups in total. The molecule has 4 heteroatoms. The Bertz CT molecular complexity index is 382. The third kappa shape index (κ3) is 2.63. The van der Waals surface area contributed by atoms with Crippen molar-refractivity contribution < 1.29 is 0 Å². The van der Waals surface area contributed by atoms with Crippen molar-refractivity contribution in [3.63, 3.8) is 0 Å². The van der Waals surface area contributed by atoms with Crippen LogP contribution in [0.5, 0.6) is 0 Å². The van der Waals surface area contributed by atoms with Crippen LogP contribution in [0.3, 0.4) is 0 Å². The topological polar surface area (TPSA) is 56.7 Å². The van der Waals surface area contributed by atoms with Crippen LogP contribution in [-0.4, -0.2) is 14.8 Å². The molecule has 0 radical (unpaired) electrons. The van der Waals surface area contributed by atoms with Gasteiger partial charge in [0.15, 0.2) is 0 Å². The Kier molecular flexibility index (Phi) is 3.09. The van der Waals surface area contributed by atoms with Crippen LogP contribution in [0.15, 0.2) is 43.0 Å². The van der Waals surface area contributed by atoms with E-state index in [1.54, 1.807) is 12.7 Å². The Morgan fingerprint density at radius 3 is 2.47 bits per heavy atom. The summed E-state index contributed by atoms with van der Waals surface area (Å²) in [5.41, 5.74) is 7.23. The Balaban J connectivity index is 1.90. The minimum atomic E-state index is 0.0774. The second kappa shape index (κ2) is 4.70. The Morgan fingerprint density at radius 1 is 1.13 bits per heavy atom. The molecule has 0 aliphatic carbocycles. The fourth-order valence-corrected chi connectivity index (χ4v) is 1.49. The average Bonchev–Trinajstić information content (AvgIpc) is 2.80. The fourth-order valence-electron chi connectivity index (χ4n) is 1.49. The first-order chi connectivity index (χ1) is 7.36. The Morgan fingerprint density at radius 2 is 1.80 bits per heavy atom. The van der Waals surface area contributed by atoms with Crippen molar-refractivity contribution in [2.24, 2.45) is 5.73 Å². The van der Waals surface area contributed by atoms with Crippen LogP contribution < -0.4 is 5.73 Å². The van der Waals surface area contributed by atoms with Crippen molar-refractivity contribution in [2.45, 2.75) is 19.0 Å². The van der Waals surface area contributed by atoms with E-state index in [0.717, 1.165) is 13.0 Å². The van der Waals surface area contributed by atoms with Gasteiger partial charge in [0.05, 0.1) is 0 Å². The summed E-state index contributed by atoms with van der Waals surface area (Å²) in [7, 11) is 0. The lowest BCUT2D eigenvalue weighted by Gasteiger charge is -2.11. The van der Waals surface area contributed by atoms with Gasteiger partial charge in [0, 0.05) is 12.6 Å². The van der Waals surface area contributed by atoms with Crippen LogP contribution in [0, 0.1) is 0 Å². The maximum Gasteiger partial charge on any atom is 0.119 e. The molecule has 0 saturated carbocycles. The van der Waals surface area contributed by atoms with Gasteiger partial charge < -0.3 is 10.3 Å². The van der Waals surface area contributed by atoms with Gasteiger partial charge in [0.2, 0.25) is 0 Å². The van der Waals surface area contributed by atoms with Gasteiger partial charge in [0.25, 0.3) is 0 Å². The van der Waals surface area contributed by atoms with E-state index in [9.17, 15) is 0 Å². The summed E-state index contributed by atoms with van der Waals surface area (Å²) in [5.74, 6) is 0. The maximum absolute atomic E-state index is 6.06. The summed E-state index contributed by atoms with van der Waals surface area (Å²) >= 11 is 0. The molecule has 1 aromatic heterocycles. The number of rotatable bonds is 4. The van der Waals surface area contributed by atoms with Gasteiger partial charge in [-0.3, -0.25) is 0 Å². The molecule has 1 atom stereocenters. The highest BCUT2D eigenvalue weighted by atomic mass is 15.2. The fraction of sp³-hybridized carbons (Fsp3) is 0.273. The second-order valence-electron chi connectivity index (χ2n) is 3.51. The highest BCUT2D eigenvalue weighted by Gasteiger charge is 2.04. The average molecular weight is 202 g/mol. The molecule has 0 spiro atoms. The predicted octanol–water partition coefficient (Wildman–Crippen LogP) is 1.37. The van der Waals surface area contributed by atoms with Gasteiger partial charge in [-0.05, 0) is 12.0 Å². The first kappa shape index (κ1) is 9.86. The number of aryl methyl sites for hydroxylation is 1. The van der Waals surface area contributed by atoms with E-state index in [2.05, 4.69) is 22.3 Å². The summed E-state index contributed by atoms with van der Waals surface area (Å²) in [5, 5.41) is 7.49. The number of benzene rings is 1. The molecule has 15 heavy (non-hydrogen) atoms. The number of aromatic nitrogens is 3. The lowest BCUT2D eigenvalue weighted by molar-refractivity contribution is 0.559. The van der Waals surface area contributed by atoms with E-state index >= 15 is 0 Å². The third-order valence-electron chi connectivity index (χ3n) is 2.39. The molecule has 0 fully saturated rings. The van der Waals surface area contributed by atoms with Gasteiger partial charge in [-0.25, -0.2) is 0 Å². The molecule has 2 rings (SSSR count). The highest BCUT2D eigenvalue weighted by molar-refractivity contribution is 5.18. The zero-order chi connectivity index (χ0) is 10.5. The molecule has 78 valence electrons. The smallest absolute Gasteiger partial charge is 0.119 e. The van der Waals surface area contributed by atoms with E-state index in [0.29, 0.717) is 0 Å². The van der Waals surface area contributed by atoms with Gasteiger partial charge in [-0.2, -0.15) is 0 Å². The van der Waals surface area contributed by atoms with E-state index < -0.39 is 0 Å². The molecule has 1 aromatic carbocycles. The van der Waals surface area contributed by atoms with Crippen LogP contribution in [-0.2, 0) is 6.54 Å². The van der Waals surface area contributed by atoms with Crippen molar-refractivity contribution in [3.8, 4) is 0 Å². The van der Waals surface area contributed by atoms with Gasteiger partial charge in [0.1, 0.15) is 12.7 Å². The first-order valence-electron chi connectivity index (χ1n) is 4.99. The molecule has 1 heterocycles. The largest absolute Gasteiger partial charge is 0.324 e. The molecular weight excluding hydrogens is 188 g/mol. The minimum absolute atomic E-state index is 0.0774. The van der Waals surface area contributed by atoms with Crippen molar-refractivity contribution in [1.29, 1.82) is 0 Å². The monoisotopic (exact) mass is 202 g/mol. The molecule has 0 saturated heterocycles. The molecule has 0 amide bonds. The molecule has 0 aliphatic heterocycles. The lowest BCUT2D eigenvalue weighted by atomic mass is 10.1. The van der Waals surface area contributed by atoms with Crippen LogP contribution in [0.25, 0.3) is 0 Å². The normalized spacial score (nSPS) is 12.6. The Labute approximate surface area is 88.8 Å². The van der Waals surface area contributed by atoms with Crippen LogP contribution >= 0.6 is 0 Å². The van der Waals surface area contributed by atoms with Crippen LogP contribution in [0.2, 0.25) is 0 Å². The lowest BCUT2D eigenvalue weighted by Crippen LogP contribution is -2.12. The maximum atomic E-state index is 6.06. The molecular formula is C11H14N4. The molecule has 4 nitrogen and oxygen atoms in total. The second-order valence-corrected chi connectivity index (χ2v) is 3.51. The molecule has 0 aliphatic rings. The SMILES string of the molecule is NC(CCn1cnnc1)c1ccccc1. The molecule has 1 unspecified atom stereocenters. The van der Waals surface area contributed by atoms with Crippen molar-refractivity contribution in [1.82, 2.24) is 14.8 Å². The zero-order valence-electron chi connectivity index (χ0n) is 8.45. The standard InChI is InChI=1S/C11H14N4/c12-11(10-4-2-1-3-5-10)6-7-15-8-13-14-9-15/h1-5,8-9,11H,6-7,12H2. The number of nitrogens with two attached hydrogens (primary N) is 1. The summed E-state index contributed by atoms with van der Waals surface area (Å²) < 4.78 is 1.93. The van der Waals surface area contributed by atoms with Gasteiger partial charge in [-0.1, -0.05) is 30.3 Å². The van der Waals surface area contributed by atoms with E-state index in [1.165, 1.54) is 5.56 Å². The Hall–Kier alpha value is -1.68. The van der Waals surface area contributed by atoms with Crippen molar-refractivity contribution in [2.75, 3.05) is 0 Å². The first-order valence-corrected chi connectivity index (χ1v) is 4.99. The van der Waals surface area contributed by atoms with Gasteiger partial charge in [-0.15, -0.1) is 10.2 Å². The molecule has 2 aromatic rings. The summed E-state index contributed by atoms with van der Waals surface area (Å²) in [6, 6.07) is 10.2. The zero-order valence-corrected chi connectivity index (χ0v) is 8.45. The van der Waals surface area contributed by atoms with E-state index in [1.807, 2.05) is 22.8 Å². The van der Waals surface area contributed by atoms with E-state index in [4.69, 9.17) is 5.73 Å². The third-order valence-corrected chi connectivity index (χ3v) is 2.39. The number of nitrogens with zero attached hydrogens (tertiary/aromatic N) is 3. The van der Waals surface area contributed by atoms with E-state index in [-0.39, 0.29) is 6.04 Å². The quantitative estimate of drug-likeness (QED) is 0.814. The predicted molar refractivity (Wildman–Crippen MR) is 58.0 cm³/mol. The summed E-state index contributed by atoms with van der Waals surface area (Å²) in [6.07, 6.45) is 4.30. The highest BCUT2D eigenvalue weighted by Crippen LogP contribution is 2.13. The van der Waals surface area contributed by atoms with Crippen molar-refractivity contribution in [3.05, 3.63) is 48.5 Å². The van der Waals surface area contributed by atoms with Crippen LogP contribution in [0.1, 0.15) is 18.0 Å². The molecule has 0 bridgehead atoms. The minimum Gasteiger partial charge on any atom is -0.324 e. The number of hydrogen-bond acceptors (Lipinski definition) is 3. The number of hydrogen-bond donors (Lipinski definition) is 1. The van der Waals surface area contributed by atoms with Crippen molar-refractivity contribution >= 4 is 0 Å². The van der Waals surface area contributed by atoms with Crippen LogP contribution in [0.4, 0.5) is 0 Å². The summed E-state index contributed by atoms with van der Waals surface area (Å²) in [4.78, 5) is 0. The summed E-state index contributed by atoms with van der Waals surface area (Å²) in [6.45, 7) is 0.850.